The number of benzene rings is 3. The third-order valence-electron chi connectivity index (χ3n) is 12.3. The zero-order chi connectivity index (χ0) is 46.0. The molecular weight excluding hydrogens is 856 g/mol. The van der Waals surface area contributed by atoms with E-state index in [0.29, 0.717) is 16.3 Å². The van der Waals surface area contributed by atoms with Gasteiger partial charge in [-0.3, -0.25) is 19.0 Å². The molecule has 3 aromatic carbocycles. The molecule has 14 heteroatoms. The third-order valence-corrected chi connectivity index (χ3v) is 22.3. The first-order chi connectivity index (χ1) is 30.5. The zero-order valence-electron chi connectivity index (χ0n) is 38.0. The van der Waals surface area contributed by atoms with Gasteiger partial charge in [0.1, 0.15) is 34.6 Å². The van der Waals surface area contributed by atoms with E-state index in [0.717, 1.165) is 26.3 Å². The van der Waals surface area contributed by atoms with Crippen LogP contribution in [0.5, 0.6) is 0 Å². The van der Waals surface area contributed by atoms with Gasteiger partial charge in [0.2, 0.25) is 5.91 Å². The number of Topliss-reactive ketones (excluding diaryl/α,β-unsaturated/α-hetero) is 1. The summed E-state index contributed by atoms with van der Waals surface area (Å²) < 4.78 is 14.9. The van der Waals surface area contributed by atoms with Crippen LogP contribution in [0, 0.1) is 11.8 Å². The maximum atomic E-state index is 15.5. The smallest absolute Gasteiger partial charge is 0.356 e. The number of fused-ring (bicyclic) bond motifs is 1. The van der Waals surface area contributed by atoms with Crippen LogP contribution in [-0.4, -0.2) is 94.2 Å². The predicted octanol–water partition coefficient (Wildman–Crippen LogP) is 8.01. The Kier molecular flexibility index (Phi) is 13.6. The van der Waals surface area contributed by atoms with E-state index in [1.54, 1.807) is 34.8 Å². The number of nitrogens with zero attached hydrogens (tertiary/aromatic N) is 6. The van der Waals surface area contributed by atoms with E-state index in [1.165, 1.54) is 17.4 Å². The number of β-lactam (4-membered cyclic amide) rings is 1. The summed E-state index contributed by atoms with van der Waals surface area (Å²) in [6.45, 7) is 15.1. The van der Waals surface area contributed by atoms with Crippen LogP contribution in [0.4, 0.5) is 0 Å². The molecule has 0 spiro atoms. The summed E-state index contributed by atoms with van der Waals surface area (Å²) in [6, 6.07) is 32.6. The predicted molar refractivity (Wildman–Crippen MR) is 263 cm³/mol. The van der Waals surface area contributed by atoms with Crippen LogP contribution in [0.2, 0.25) is 18.1 Å². The molecule has 1 amide bonds. The van der Waals surface area contributed by atoms with Crippen molar-refractivity contribution >= 4 is 76.1 Å². The molecule has 332 valence electrons. The van der Waals surface area contributed by atoms with Gasteiger partial charge in [0.05, 0.1) is 22.9 Å². The summed E-state index contributed by atoms with van der Waals surface area (Å²) in [5.41, 5.74) is 2.21. The van der Waals surface area contributed by atoms with E-state index >= 15 is 14.4 Å². The molecule has 1 fully saturated rings. The second kappa shape index (κ2) is 18.8. The Morgan fingerprint density at radius 3 is 2.02 bits per heavy atom. The maximum Gasteiger partial charge on any atom is 0.356 e. The number of imidazole rings is 1. The lowest BCUT2D eigenvalue weighted by Gasteiger charge is -2.54. The van der Waals surface area contributed by atoms with Crippen molar-refractivity contribution < 1.29 is 23.5 Å². The van der Waals surface area contributed by atoms with E-state index in [-0.39, 0.29) is 28.8 Å². The SMILES string of the molecule is C=CCOC(=O)C(N1C(=O)[C@H]([C@H](C)O[Si](C)(C)C(C)(C)C)[C@H]1[C@@H](C)C(=O)c1cn2cnc(/C(=N\N(C)C)c3cccnc3)c2s1)=P(c1ccccc1)(c1ccccc1)c1ccccc1. The Morgan fingerprint density at radius 2 is 1.52 bits per heavy atom. The molecule has 0 saturated carbocycles. The zero-order valence-corrected chi connectivity index (χ0v) is 40.7. The van der Waals surface area contributed by atoms with Crippen molar-refractivity contribution in [1.82, 2.24) is 24.3 Å². The summed E-state index contributed by atoms with van der Waals surface area (Å²) in [6.07, 6.45) is 7.86. The quantitative estimate of drug-likeness (QED) is 0.0140. The van der Waals surface area contributed by atoms with Crippen LogP contribution >= 0.6 is 18.2 Å². The van der Waals surface area contributed by atoms with Crippen molar-refractivity contribution in [1.29, 1.82) is 0 Å². The number of ether oxygens (including phenoxy) is 1. The van der Waals surface area contributed by atoms with Gasteiger partial charge < -0.3 is 19.1 Å². The number of amides is 1. The molecule has 6 aromatic rings. The molecule has 0 N–H and O–H groups in total. The second-order valence-corrected chi connectivity index (χ2v) is 26.9. The number of hydrazone groups is 1. The average molecular weight is 913 g/mol. The van der Waals surface area contributed by atoms with Gasteiger partial charge in [0.25, 0.3) is 0 Å². The fraction of sp³-hybridized carbons (Fsp3) is 0.300. The number of carbonyl (C=O) groups is 3. The van der Waals surface area contributed by atoms with Crippen molar-refractivity contribution in [2.75, 3.05) is 20.7 Å². The second-order valence-electron chi connectivity index (χ2n) is 17.8. The van der Waals surface area contributed by atoms with Crippen LogP contribution in [0.25, 0.3) is 4.83 Å². The number of hydrogen-bond acceptors (Lipinski definition) is 10. The van der Waals surface area contributed by atoms with Crippen LogP contribution in [-0.2, 0) is 18.8 Å². The fourth-order valence-electron chi connectivity index (χ4n) is 8.27. The van der Waals surface area contributed by atoms with Gasteiger partial charge in [0, 0.05) is 51.1 Å². The molecular formula is C50H57N6O5PSSi. The monoisotopic (exact) mass is 912 g/mol. The molecule has 1 aliphatic heterocycles. The van der Waals surface area contributed by atoms with Gasteiger partial charge in [-0.15, -0.1) is 11.3 Å². The molecule has 4 heterocycles. The summed E-state index contributed by atoms with van der Waals surface area (Å²) in [5.74, 6) is -2.68. The molecule has 1 aliphatic rings. The lowest BCUT2D eigenvalue weighted by atomic mass is 9.75. The van der Waals surface area contributed by atoms with E-state index in [9.17, 15) is 0 Å². The van der Waals surface area contributed by atoms with Crippen LogP contribution in [0.3, 0.4) is 0 Å². The van der Waals surface area contributed by atoms with Gasteiger partial charge in [-0.2, -0.15) is 5.10 Å². The van der Waals surface area contributed by atoms with Crippen LogP contribution in [0.1, 0.15) is 55.5 Å². The highest BCUT2D eigenvalue weighted by molar-refractivity contribution is 7.96. The lowest BCUT2D eigenvalue weighted by molar-refractivity contribution is -0.158. The molecule has 3 aromatic heterocycles. The molecule has 4 atom stereocenters. The van der Waals surface area contributed by atoms with E-state index < -0.39 is 45.2 Å². The summed E-state index contributed by atoms with van der Waals surface area (Å²) in [5, 5.41) is 8.91. The molecule has 7 rings (SSSR count). The van der Waals surface area contributed by atoms with Crippen molar-refractivity contribution in [2.45, 2.75) is 64.9 Å². The van der Waals surface area contributed by atoms with Crippen LogP contribution < -0.4 is 15.9 Å². The van der Waals surface area contributed by atoms with Gasteiger partial charge in [-0.05, 0) is 53.1 Å². The largest absolute Gasteiger partial charge is 0.457 e. The number of rotatable bonds is 16. The van der Waals surface area contributed by atoms with Gasteiger partial charge >= 0.3 is 5.97 Å². The summed E-state index contributed by atoms with van der Waals surface area (Å²) in [4.78, 5) is 57.9. The topological polar surface area (TPSA) is 119 Å². The molecule has 64 heavy (non-hydrogen) atoms. The number of esters is 1. The number of hydrogen-bond donors (Lipinski definition) is 0. The van der Waals surface area contributed by atoms with E-state index in [1.807, 2.05) is 135 Å². The van der Waals surface area contributed by atoms with Crippen molar-refractivity contribution in [3.05, 3.63) is 157 Å². The average Bonchev–Trinajstić information content (AvgIpc) is 3.88. The molecule has 0 unspecified atom stereocenters. The lowest BCUT2D eigenvalue weighted by Crippen LogP contribution is -2.71. The highest BCUT2D eigenvalue weighted by Gasteiger charge is 2.59. The molecule has 0 aliphatic carbocycles. The fourth-order valence-corrected chi connectivity index (χ4v) is 15.2. The number of ketones is 1. The minimum absolute atomic E-state index is 0.0767. The first kappa shape index (κ1) is 46.3. The molecule has 11 nitrogen and oxygen atoms in total. The van der Waals surface area contributed by atoms with Gasteiger partial charge in [-0.1, -0.05) is 131 Å². The van der Waals surface area contributed by atoms with Crippen molar-refractivity contribution in [2.24, 2.45) is 16.9 Å². The highest BCUT2D eigenvalue weighted by atomic mass is 32.1. The maximum absolute atomic E-state index is 15.5. The first-order valence-electron chi connectivity index (χ1n) is 21.4. The molecule has 1 saturated heterocycles. The normalized spacial score (nSPS) is 16.8. The minimum Gasteiger partial charge on any atom is -0.457 e. The number of carbonyl (C=O) groups excluding carboxylic acids is 3. The Balaban J connectivity index is 1.47. The van der Waals surface area contributed by atoms with E-state index in [4.69, 9.17) is 19.2 Å². The first-order valence-corrected chi connectivity index (χ1v) is 26.9. The molecule has 0 radical (unpaired) electrons. The minimum atomic E-state index is -3.26. The standard InChI is InChI=1S/C50H57N6O5PSSi/c1-11-30-60-49(59)47(62(37-23-15-12-16-24-37,38-25-17-13-18-26-38)39-27-19-14-20-28-39)56-44(41(46(56)58)35(3)61-64(9,10)50(4,5)6)34(2)45(57)40-32-55-33-52-43(48(55)63-40)42(53-54(7)8)36-22-21-29-51-31-36/h11-29,31-35,41,44H,1,30H2,2-10H3/b53-42-/t34-,35+,41-,44-/m1/s1. The van der Waals surface area contributed by atoms with Crippen molar-refractivity contribution in [3.8, 4) is 0 Å². The number of pyridine rings is 1. The molecule has 0 bridgehead atoms. The van der Waals surface area contributed by atoms with Crippen LogP contribution in [0.15, 0.2) is 146 Å². The Hall–Kier alpha value is -5.72. The van der Waals surface area contributed by atoms with Crippen molar-refractivity contribution in [3.63, 3.8) is 0 Å². The summed E-state index contributed by atoms with van der Waals surface area (Å²) in [7, 11) is 1.25. The van der Waals surface area contributed by atoms with Gasteiger partial charge in [-0.25, -0.2) is 9.78 Å². The van der Waals surface area contributed by atoms with Gasteiger partial charge in [0.15, 0.2) is 14.1 Å². The number of thiazole rings is 1. The number of likely N-dealkylation sites (tertiary alicyclic amines) is 1. The highest BCUT2D eigenvalue weighted by Crippen LogP contribution is 2.51. The Bertz CT molecular complexity index is 2630. The summed E-state index contributed by atoms with van der Waals surface area (Å²) >= 11 is 1.32. The number of aromatic nitrogens is 3. The Labute approximate surface area is 381 Å². The third kappa shape index (κ3) is 8.62. The van der Waals surface area contributed by atoms with E-state index in [2.05, 4.69) is 45.4 Å². The Morgan fingerprint density at radius 1 is 0.938 bits per heavy atom.